The van der Waals surface area contributed by atoms with Crippen molar-refractivity contribution < 1.29 is 14.3 Å². The van der Waals surface area contributed by atoms with E-state index in [2.05, 4.69) is 9.72 Å². The molecule has 0 aromatic carbocycles. The van der Waals surface area contributed by atoms with Crippen LogP contribution in [0.25, 0.3) is 0 Å². The quantitative estimate of drug-likeness (QED) is 0.410. The number of carbonyl (C=O) groups is 2. The van der Waals surface area contributed by atoms with Crippen LogP contribution in [0.5, 0.6) is 0 Å². The van der Waals surface area contributed by atoms with Gasteiger partial charge in [0, 0.05) is 17.5 Å². The second kappa shape index (κ2) is 4.50. The Morgan fingerprint density at radius 2 is 2.21 bits per heavy atom. The first-order valence-electron chi connectivity index (χ1n) is 4.16. The molecule has 1 heterocycles. The van der Waals surface area contributed by atoms with Gasteiger partial charge < -0.3 is 4.74 Å². The van der Waals surface area contributed by atoms with Crippen molar-refractivity contribution in [2.24, 2.45) is 0 Å². The number of ether oxygens (including phenoxy) is 1. The van der Waals surface area contributed by atoms with Crippen molar-refractivity contribution >= 4 is 11.8 Å². The van der Waals surface area contributed by atoms with Gasteiger partial charge in [-0.2, -0.15) is 0 Å². The van der Waals surface area contributed by atoms with Crippen LogP contribution in [-0.4, -0.2) is 23.8 Å². The SMILES string of the molecule is COC(=O)CC(=O)c1ccnc(C)c1. The number of nitrogens with zero attached hydrogens (tertiary/aromatic N) is 1. The lowest BCUT2D eigenvalue weighted by Crippen LogP contribution is -2.09. The number of aryl methyl sites for hydroxylation is 1. The van der Waals surface area contributed by atoms with E-state index in [0.29, 0.717) is 5.56 Å². The van der Waals surface area contributed by atoms with E-state index < -0.39 is 5.97 Å². The van der Waals surface area contributed by atoms with Gasteiger partial charge in [-0.15, -0.1) is 0 Å². The van der Waals surface area contributed by atoms with E-state index >= 15 is 0 Å². The Bertz CT molecular complexity index is 360. The molecule has 0 amide bonds. The minimum atomic E-state index is -0.524. The van der Waals surface area contributed by atoms with Crippen molar-refractivity contribution in [2.75, 3.05) is 7.11 Å². The van der Waals surface area contributed by atoms with Crippen LogP contribution in [0.1, 0.15) is 22.5 Å². The smallest absolute Gasteiger partial charge is 0.313 e. The first-order valence-corrected chi connectivity index (χ1v) is 4.16. The van der Waals surface area contributed by atoms with Crippen LogP contribution in [0.15, 0.2) is 18.3 Å². The summed E-state index contributed by atoms with van der Waals surface area (Å²) in [5.74, 6) is -0.771. The number of Topliss-reactive ketones (excluding diaryl/α,β-unsaturated/α-hetero) is 1. The van der Waals surface area contributed by atoms with Crippen LogP contribution in [-0.2, 0) is 9.53 Å². The molecule has 4 heteroatoms. The first kappa shape index (κ1) is 10.4. The molecule has 0 saturated heterocycles. The molecule has 0 aliphatic heterocycles. The van der Waals surface area contributed by atoms with Crippen LogP contribution in [0, 0.1) is 6.92 Å². The van der Waals surface area contributed by atoms with E-state index in [0.717, 1.165) is 5.69 Å². The summed E-state index contributed by atoms with van der Waals surface area (Å²) in [5.41, 5.74) is 1.24. The minimum Gasteiger partial charge on any atom is -0.469 e. The third-order valence-corrected chi connectivity index (χ3v) is 1.75. The predicted octanol–water partition coefficient (Wildman–Crippen LogP) is 1.14. The van der Waals surface area contributed by atoms with Crippen LogP contribution >= 0.6 is 0 Å². The van der Waals surface area contributed by atoms with Gasteiger partial charge in [0.2, 0.25) is 0 Å². The standard InChI is InChI=1S/C10H11NO3/c1-7-5-8(3-4-11-7)9(12)6-10(13)14-2/h3-5H,6H2,1-2H3. The molecule has 14 heavy (non-hydrogen) atoms. The number of methoxy groups -OCH3 is 1. The topological polar surface area (TPSA) is 56.3 Å². The maximum absolute atomic E-state index is 11.4. The van der Waals surface area contributed by atoms with E-state index in [1.54, 1.807) is 25.3 Å². The Hall–Kier alpha value is -1.71. The number of ketones is 1. The monoisotopic (exact) mass is 193 g/mol. The summed E-state index contributed by atoms with van der Waals surface area (Å²) in [6.45, 7) is 1.79. The van der Waals surface area contributed by atoms with E-state index in [-0.39, 0.29) is 12.2 Å². The van der Waals surface area contributed by atoms with Gasteiger partial charge in [0.05, 0.1) is 7.11 Å². The lowest BCUT2D eigenvalue weighted by molar-refractivity contribution is -0.139. The molecule has 0 N–H and O–H groups in total. The molecule has 0 bridgehead atoms. The number of pyridine rings is 1. The van der Waals surface area contributed by atoms with Gasteiger partial charge in [-0.1, -0.05) is 0 Å². The summed E-state index contributed by atoms with van der Waals surface area (Å²) in [6, 6.07) is 3.23. The molecule has 1 aromatic rings. The van der Waals surface area contributed by atoms with Crippen LogP contribution in [0.3, 0.4) is 0 Å². The van der Waals surface area contributed by atoms with Crippen LogP contribution < -0.4 is 0 Å². The van der Waals surface area contributed by atoms with Gasteiger partial charge in [-0.05, 0) is 19.1 Å². The van der Waals surface area contributed by atoms with Gasteiger partial charge in [-0.25, -0.2) is 0 Å². The van der Waals surface area contributed by atoms with E-state index in [9.17, 15) is 9.59 Å². The third kappa shape index (κ3) is 2.65. The maximum atomic E-state index is 11.4. The molecule has 1 rings (SSSR count). The zero-order chi connectivity index (χ0) is 10.6. The number of rotatable bonds is 3. The average molecular weight is 193 g/mol. The lowest BCUT2D eigenvalue weighted by Gasteiger charge is -2.00. The lowest BCUT2D eigenvalue weighted by atomic mass is 10.1. The maximum Gasteiger partial charge on any atom is 0.313 e. The molecule has 0 atom stereocenters. The highest BCUT2D eigenvalue weighted by Crippen LogP contribution is 2.04. The molecule has 0 fully saturated rings. The van der Waals surface area contributed by atoms with Crippen molar-refractivity contribution in [1.29, 1.82) is 0 Å². The zero-order valence-electron chi connectivity index (χ0n) is 8.11. The van der Waals surface area contributed by atoms with Crippen molar-refractivity contribution in [2.45, 2.75) is 13.3 Å². The van der Waals surface area contributed by atoms with Gasteiger partial charge >= 0.3 is 5.97 Å². The number of hydrogen-bond acceptors (Lipinski definition) is 4. The van der Waals surface area contributed by atoms with Crippen molar-refractivity contribution in [1.82, 2.24) is 4.98 Å². The summed E-state index contributed by atoms with van der Waals surface area (Å²) in [4.78, 5) is 26.2. The number of hydrogen-bond donors (Lipinski definition) is 0. The Morgan fingerprint density at radius 3 is 2.79 bits per heavy atom. The number of esters is 1. The molecule has 1 aromatic heterocycles. The fourth-order valence-corrected chi connectivity index (χ4v) is 1.02. The van der Waals surface area contributed by atoms with Crippen molar-refractivity contribution in [3.8, 4) is 0 Å². The van der Waals surface area contributed by atoms with Crippen molar-refractivity contribution in [3.63, 3.8) is 0 Å². The van der Waals surface area contributed by atoms with Crippen LogP contribution in [0.2, 0.25) is 0 Å². The van der Waals surface area contributed by atoms with Gasteiger partial charge in [0.1, 0.15) is 6.42 Å². The highest BCUT2D eigenvalue weighted by atomic mass is 16.5. The predicted molar refractivity (Wildman–Crippen MR) is 49.9 cm³/mol. The Morgan fingerprint density at radius 1 is 1.50 bits per heavy atom. The zero-order valence-corrected chi connectivity index (χ0v) is 8.11. The molecular formula is C10H11NO3. The van der Waals surface area contributed by atoms with Crippen molar-refractivity contribution in [3.05, 3.63) is 29.6 Å². The molecular weight excluding hydrogens is 182 g/mol. The molecule has 0 spiro atoms. The summed E-state index contributed by atoms with van der Waals surface area (Å²) in [5, 5.41) is 0. The Kier molecular flexibility index (Phi) is 3.34. The normalized spacial score (nSPS) is 9.57. The summed E-state index contributed by atoms with van der Waals surface area (Å²) in [7, 11) is 1.26. The average Bonchev–Trinajstić information content (AvgIpc) is 2.17. The van der Waals surface area contributed by atoms with E-state index in [1.165, 1.54) is 7.11 Å². The van der Waals surface area contributed by atoms with E-state index in [4.69, 9.17) is 0 Å². The van der Waals surface area contributed by atoms with E-state index in [1.807, 2.05) is 0 Å². The first-order chi connectivity index (χ1) is 6.63. The van der Waals surface area contributed by atoms with Gasteiger partial charge in [-0.3, -0.25) is 14.6 Å². The Labute approximate surface area is 81.9 Å². The fraction of sp³-hybridized carbons (Fsp3) is 0.300. The summed E-state index contributed by atoms with van der Waals surface area (Å²) < 4.78 is 4.40. The molecule has 0 unspecified atom stereocenters. The highest BCUT2D eigenvalue weighted by Gasteiger charge is 2.11. The second-order valence-corrected chi connectivity index (χ2v) is 2.86. The highest BCUT2D eigenvalue weighted by molar-refractivity contribution is 6.05. The molecule has 4 nitrogen and oxygen atoms in total. The minimum absolute atomic E-state index is 0.222. The molecule has 0 saturated carbocycles. The third-order valence-electron chi connectivity index (χ3n) is 1.75. The summed E-state index contributed by atoms with van der Waals surface area (Å²) in [6.07, 6.45) is 1.32. The van der Waals surface area contributed by atoms with Gasteiger partial charge in [0.15, 0.2) is 5.78 Å². The molecule has 0 aliphatic rings. The van der Waals surface area contributed by atoms with Crippen LogP contribution in [0.4, 0.5) is 0 Å². The number of aromatic nitrogens is 1. The fourth-order valence-electron chi connectivity index (χ4n) is 1.02. The molecule has 0 radical (unpaired) electrons. The van der Waals surface area contributed by atoms with Gasteiger partial charge in [0.25, 0.3) is 0 Å². The second-order valence-electron chi connectivity index (χ2n) is 2.86. The number of carbonyl (C=O) groups excluding carboxylic acids is 2. The molecule has 74 valence electrons. The summed E-state index contributed by atoms with van der Waals surface area (Å²) >= 11 is 0. The largest absolute Gasteiger partial charge is 0.469 e. The Balaban J connectivity index is 2.75. The molecule has 0 aliphatic carbocycles.